The second kappa shape index (κ2) is 5.75. The smallest absolute Gasteiger partial charge is 0.0930 e. The van der Waals surface area contributed by atoms with Gasteiger partial charge in [-0.1, -0.05) is 13.8 Å². The molecular weight excluding hydrogens is 220 g/mol. The van der Waals surface area contributed by atoms with E-state index in [0.29, 0.717) is 5.92 Å². The molecule has 0 saturated carbocycles. The van der Waals surface area contributed by atoms with Crippen LogP contribution in [0.4, 0.5) is 0 Å². The van der Waals surface area contributed by atoms with Crippen LogP contribution in [0.15, 0.2) is 6.20 Å². The molecule has 2 N–H and O–H groups in total. The predicted molar refractivity (Wildman–Crippen MR) is 68.7 cm³/mol. The molecule has 0 spiro atoms. The van der Waals surface area contributed by atoms with Crippen molar-refractivity contribution < 1.29 is 5.11 Å². The zero-order valence-corrected chi connectivity index (χ0v) is 11.4. The zero-order valence-electron chi connectivity index (χ0n) is 10.6. The molecule has 0 bridgehead atoms. The van der Waals surface area contributed by atoms with E-state index in [9.17, 15) is 0 Å². The Hall–Kier alpha value is -0.450. The first-order chi connectivity index (χ1) is 7.43. The molecule has 0 aliphatic carbocycles. The van der Waals surface area contributed by atoms with Gasteiger partial charge >= 0.3 is 0 Å². The summed E-state index contributed by atoms with van der Waals surface area (Å²) in [6, 6.07) is 0. The third kappa shape index (κ3) is 4.60. The lowest BCUT2D eigenvalue weighted by Gasteiger charge is -2.22. The van der Waals surface area contributed by atoms with E-state index in [-0.39, 0.29) is 12.1 Å². The molecule has 3 nitrogen and oxygen atoms in total. The Morgan fingerprint density at radius 1 is 1.50 bits per heavy atom. The number of aliphatic hydroxyl groups is 1. The monoisotopic (exact) mass is 242 g/mol. The summed E-state index contributed by atoms with van der Waals surface area (Å²) < 4.78 is 0. The van der Waals surface area contributed by atoms with E-state index in [0.717, 1.165) is 13.0 Å². The van der Waals surface area contributed by atoms with Crippen molar-refractivity contribution in [1.82, 2.24) is 10.3 Å². The van der Waals surface area contributed by atoms with E-state index in [2.05, 4.69) is 24.1 Å². The minimum absolute atomic E-state index is 0.144. The average Bonchev–Trinajstić information content (AvgIpc) is 2.62. The van der Waals surface area contributed by atoms with Crippen molar-refractivity contribution in [2.24, 2.45) is 5.92 Å². The van der Waals surface area contributed by atoms with Gasteiger partial charge in [0.15, 0.2) is 0 Å². The van der Waals surface area contributed by atoms with Crippen molar-refractivity contribution in [3.8, 4) is 0 Å². The van der Waals surface area contributed by atoms with Gasteiger partial charge in [0.2, 0.25) is 0 Å². The summed E-state index contributed by atoms with van der Waals surface area (Å²) in [5.41, 5.74) is -0.220. The van der Waals surface area contributed by atoms with Crippen LogP contribution in [0.5, 0.6) is 0 Å². The van der Waals surface area contributed by atoms with Gasteiger partial charge in [0.1, 0.15) is 0 Å². The summed E-state index contributed by atoms with van der Waals surface area (Å²) in [6.45, 7) is 9.31. The summed E-state index contributed by atoms with van der Waals surface area (Å²) in [5.74, 6) is 0.654. The fourth-order valence-corrected chi connectivity index (χ4v) is 2.33. The lowest BCUT2D eigenvalue weighted by Crippen LogP contribution is -2.41. The number of aliphatic hydroxyl groups excluding tert-OH is 1. The molecule has 1 heterocycles. The van der Waals surface area contributed by atoms with Crippen LogP contribution in [0.2, 0.25) is 0 Å². The van der Waals surface area contributed by atoms with Crippen LogP contribution in [0.1, 0.15) is 37.6 Å². The molecule has 1 rings (SSSR count). The van der Waals surface area contributed by atoms with Crippen molar-refractivity contribution in [3.63, 3.8) is 0 Å². The van der Waals surface area contributed by atoms with Gasteiger partial charge in [-0.15, -0.1) is 11.3 Å². The fourth-order valence-electron chi connectivity index (χ4n) is 1.26. The summed E-state index contributed by atoms with van der Waals surface area (Å²) in [7, 11) is 0. The number of hydrogen-bond donors (Lipinski definition) is 2. The van der Waals surface area contributed by atoms with Crippen molar-refractivity contribution in [3.05, 3.63) is 16.1 Å². The Morgan fingerprint density at radius 3 is 2.75 bits per heavy atom. The first-order valence-electron chi connectivity index (χ1n) is 5.72. The second-order valence-electron chi connectivity index (χ2n) is 5.21. The van der Waals surface area contributed by atoms with E-state index >= 15 is 0 Å². The van der Waals surface area contributed by atoms with Crippen molar-refractivity contribution in [2.45, 2.75) is 46.2 Å². The van der Waals surface area contributed by atoms with Gasteiger partial charge in [0, 0.05) is 29.6 Å². The molecule has 0 aromatic carbocycles. The molecule has 0 saturated heterocycles. The average molecular weight is 242 g/mol. The minimum Gasteiger partial charge on any atom is -0.394 e. The summed E-state index contributed by atoms with van der Waals surface area (Å²) >= 11 is 1.76. The van der Waals surface area contributed by atoms with Gasteiger partial charge in [0.05, 0.1) is 11.6 Å². The van der Waals surface area contributed by atoms with Crippen molar-refractivity contribution in [2.75, 3.05) is 6.61 Å². The molecule has 16 heavy (non-hydrogen) atoms. The molecule has 92 valence electrons. The summed E-state index contributed by atoms with van der Waals surface area (Å²) in [5, 5.41) is 13.6. The number of rotatable bonds is 6. The lowest BCUT2D eigenvalue weighted by molar-refractivity contribution is 0.187. The molecular formula is C12H22N2OS. The number of aromatic nitrogens is 1. The standard InChI is InChI=1S/C12H22N2OS/c1-9(2)5-11-13-6-10(16-11)7-14-12(3,4)8-15/h6,9,14-15H,5,7-8H2,1-4H3. The Bertz CT molecular complexity index is 321. The van der Waals surface area contributed by atoms with Gasteiger partial charge in [-0.25, -0.2) is 4.98 Å². The number of hydrogen-bond acceptors (Lipinski definition) is 4. The molecule has 1 aromatic heterocycles. The molecule has 0 unspecified atom stereocenters. The molecule has 1 aromatic rings. The molecule has 0 radical (unpaired) electrons. The minimum atomic E-state index is -0.220. The van der Waals surface area contributed by atoms with Crippen LogP contribution >= 0.6 is 11.3 Å². The zero-order chi connectivity index (χ0) is 12.2. The first kappa shape index (κ1) is 13.6. The normalized spacial score (nSPS) is 12.4. The van der Waals surface area contributed by atoms with Crippen LogP contribution < -0.4 is 5.32 Å². The largest absolute Gasteiger partial charge is 0.394 e. The van der Waals surface area contributed by atoms with Gasteiger partial charge in [0.25, 0.3) is 0 Å². The van der Waals surface area contributed by atoms with E-state index in [1.807, 2.05) is 20.0 Å². The molecule has 0 fully saturated rings. The van der Waals surface area contributed by atoms with Crippen LogP contribution in [0.25, 0.3) is 0 Å². The van der Waals surface area contributed by atoms with Crippen molar-refractivity contribution in [1.29, 1.82) is 0 Å². The van der Waals surface area contributed by atoms with Crippen LogP contribution in [0.3, 0.4) is 0 Å². The number of nitrogens with one attached hydrogen (secondary N) is 1. The Morgan fingerprint density at radius 2 is 2.19 bits per heavy atom. The summed E-state index contributed by atoms with van der Waals surface area (Å²) in [6.07, 6.45) is 2.98. The maximum absolute atomic E-state index is 9.12. The fraction of sp³-hybridized carbons (Fsp3) is 0.750. The molecule has 0 atom stereocenters. The van der Waals surface area contributed by atoms with Crippen LogP contribution in [-0.4, -0.2) is 22.2 Å². The maximum Gasteiger partial charge on any atom is 0.0930 e. The SMILES string of the molecule is CC(C)Cc1ncc(CNC(C)(C)CO)s1. The van der Waals surface area contributed by atoms with Gasteiger partial charge in [-0.2, -0.15) is 0 Å². The molecule has 0 aliphatic heterocycles. The predicted octanol–water partition coefficient (Wildman–Crippen LogP) is 2.20. The van der Waals surface area contributed by atoms with E-state index in [1.54, 1.807) is 11.3 Å². The third-order valence-electron chi connectivity index (χ3n) is 2.32. The Kier molecular flexibility index (Phi) is 4.89. The van der Waals surface area contributed by atoms with E-state index < -0.39 is 0 Å². The van der Waals surface area contributed by atoms with Crippen molar-refractivity contribution >= 4 is 11.3 Å². The van der Waals surface area contributed by atoms with Gasteiger partial charge in [-0.05, 0) is 19.8 Å². The topological polar surface area (TPSA) is 45.2 Å². The highest BCUT2D eigenvalue weighted by molar-refractivity contribution is 7.11. The lowest BCUT2D eigenvalue weighted by atomic mass is 10.1. The van der Waals surface area contributed by atoms with E-state index in [4.69, 9.17) is 5.11 Å². The highest BCUT2D eigenvalue weighted by atomic mass is 32.1. The van der Waals surface area contributed by atoms with Gasteiger partial charge < -0.3 is 10.4 Å². The molecule has 0 amide bonds. The number of nitrogens with zero attached hydrogens (tertiary/aromatic N) is 1. The van der Waals surface area contributed by atoms with Gasteiger partial charge in [-0.3, -0.25) is 0 Å². The second-order valence-corrected chi connectivity index (χ2v) is 6.41. The Labute approximate surface area is 102 Å². The van der Waals surface area contributed by atoms with E-state index in [1.165, 1.54) is 9.88 Å². The number of thiazole rings is 1. The van der Waals surface area contributed by atoms with Crippen LogP contribution in [0, 0.1) is 5.92 Å². The summed E-state index contributed by atoms with van der Waals surface area (Å²) in [4.78, 5) is 5.63. The Balaban J connectivity index is 2.46. The third-order valence-corrected chi connectivity index (χ3v) is 3.34. The molecule has 4 heteroatoms. The maximum atomic E-state index is 9.12. The highest BCUT2D eigenvalue weighted by Crippen LogP contribution is 2.17. The molecule has 0 aliphatic rings. The quantitative estimate of drug-likeness (QED) is 0.804. The van der Waals surface area contributed by atoms with Crippen LogP contribution in [-0.2, 0) is 13.0 Å². The first-order valence-corrected chi connectivity index (χ1v) is 6.54. The highest BCUT2D eigenvalue weighted by Gasteiger charge is 2.15.